The van der Waals surface area contributed by atoms with Gasteiger partial charge in [0, 0.05) is 6.04 Å². The van der Waals surface area contributed by atoms with Crippen molar-refractivity contribution < 1.29 is 14.7 Å². The lowest BCUT2D eigenvalue weighted by Crippen LogP contribution is -2.52. The molecule has 0 radical (unpaired) electrons. The summed E-state index contributed by atoms with van der Waals surface area (Å²) in [6, 6.07) is -1.35. The molecule has 0 fully saturated rings. The standard InChI is InChI=1S/C11H22N2O3/c1-5-8(4)12-11(16)13-9(10(14)15)6-7(2)3/h7-9H,5-6H2,1-4H3,(H,14,15)(H2,12,13,16)/p-1/t8-,9+/m1/s1. The van der Waals surface area contributed by atoms with E-state index in [1.54, 1.807) is 0 Å². The monoisotopic (exact) mass is 229 g/mol. The second kappa shape index (κ2) is 7.09. The Morgan fingerprint density at radius 3 is 2.12 bits per heavy atom. The molecular weight excluding hydrogens is 208 g/mol. The molecule has 0 aliphatic heterocycles. The van der Waals surface area contributed by atoms with Gasteiger partial charge in [-0.1, -0.05) is 20.8 Å². The van der Waals surface area contributed by atoms with Crippen LogP contribution in [0.1, 0.15) is 40.5 Å². The van der Waals surface area contributed by atoms with Gasteiger partial charge in [0.1, 0.15) is 0 Å². The van der Waals surface area contributed by atoms with Crippen LogP contribution in [-0.4, -0.2) is 24.1 Å². The maximum Gasteiger partial charge on any atom is 0.315 e. The van der Waals surface area contributed by atoms with Crippen LogP contribution < -0.4 is 15.7 Å². The third-order valence-electron chi connectivity index (χ3n) is 2.29. The maximum absolute atomic E-state index is 11.4. The highest BCUT2D eigenvalue weighted by atomic mass is 16.4. The number of carbonyl (C=O) groups is 2. The molecule has 2 N–H and O–H groups in total. The van der Waals surface area contributed by atoms with Crippen molar-refractivity contribution in [3.8, 4) is 0 Å². The first kappa shape index (κ1) is 14.7. The fraction of sp³-hybridized carbons (Fsp3) is 0.818. The van der Waals surface area contributed by atoms with Gasteiger partial charge in [-0.3, -0.25) is 0 Å². The number of nitrogens with one attached hydrogen (secondary N) is 2. The maximum atomic E-state index is 11.4. The quantitative estimate of drug-likeness (QED) is 0.685. The first-order valence-electron chi connectivity index (χ1n) is 5.64. The lowest BCUT2D eigenvalue weighted by atomic mass is 10.0. The molecule has 0 aromatic rings. The van der Waals surface area contributed by atoms with E-state index < -0.39 is 18.0 Å². The van der Waals surface area contributed by atoms with Crippen molar-refractivity contribution in [2.75, 3.05) is 0 Å². The Balaban J connectivity index is 4.18. The SMILES string of the molecule is CC[C@@H](C)NC(=O)N[C@@H](CC(C)C)C(=O)[O-]. The van der Waals surface area contributed by atoms with Crippen LogP contribution in [0.2, 0.25) is 0 Å². The number of rotatable bonds is 6. The molecule has 0 saturated heterocycles. The van der Waals surface area contributed by atoms with Crippen LogP contribution in [0, 0.1) is 5.92 Å². The van der Waals surface area contributed by atoms with Crippen LogP contribution in [0.15, 0.2) is 0 Å². The number of hydrogen-bond acceptors (Lipinski definition) is 3. The van der Waals surface area contributed by atoms with Crippen LogP contribution in [0.3, 0.4) is 0 Å². The highest BCUT2D eigenvalue weighted by molar-refractivity contribution is 5.81. The van der Waals surface area contributed by atoms with E-state index in [0.717, 1.165) is 6.42 Å². The molecule has 0 aromatic heterocycles. The molecule has 2 atom stereocenters. The van der Waals surface area contributed by atoms with Crippen molar-refractivity contribution in [3.05, 3.63) is 0 Å². The minimum Gasteiger partial charge on any atom is -0.548 e. The Kier molecular flexibility index (Phi) is 6.53. The number of hydrogen-bond donors (Lipinski definition) is 2. The summed E-state index contributed by atoms with van der Waals surface area (Å²) in [7, 11) is 0. The molecule has 2 amide bonds. The van der Waals surface area contributed by atoms with Gasteiger partial charge in [0.15, 0.2) is 0 Å². The summed E-state index contributed by atoms with van der Waals surface area (Å²) in [6.07, 6.45) is 1.17. The van der Waals surface area contributed by atoms with Crippen molar-refractivity contribution in [3.63, 3.8) is 0 Å². The zero-order valence-corrected chi connectivity index (χ0v) is 10.4. The van der Waals surface area contributed by atoms with Gasteiger partial charge in [-0.05, 0) is 25.7 Å². The van der Waals surface area contributed by atoms with Crippen LogP contribution in [0.4, 0.5) is 4.79 Å². The molecule has 0 aromatic carbocycles. The molecule has 0 unspecified atom stereocenters. The van der Waals surface area contributed by atoms with Crippen LogP contribution >= 0.6 is 0 Å². The van der Waals surface area contributed by atoms with E-state index in [4.69, 9.17) is 0 Å². The van der Waals surface area contributed by atoms with E-state index in [1.165, 1.54) is 0 Å². The summed E-state index contributed by atoms with van der Waals surface area (Å²) in [5, 5.41) is 15.8. The van der Waals surface area contributed by atoms with Gasteiger partial charge in [-0.15, -0.1) is 0 Å². The lowest BCUT2D eigenvalue weighted by molar-refractivity contribution is -0.308. The number of aliphatic carboxylic acids is 1. The smallest absolute Gasteiger partial charge is 0.315 e. The van der Waals surface area contributed by atoms with E-state index in [-0.39, 0.29) is 12.0 Å². The number of amides is 2. The predicted molar refractivity (Wildman–Crippen MR) is 59.7 cm³/mol. The summed E-state index contributed by atoms with van der Waals surface area (Å²) in [6.45, 7) is 7.58. The molecule has 16 heavy (non-hydrogen) atoms. The van der Waals surface area contributed by atoms with Crippen molar-refractivity contribution in [2.45, 2.75) is 52.6 Å². The van der Waals surface area contributed by atoms with Crippen molar-refractivity contribution in [2.24, 2.45) is 5.92 Å². The largest absolute Gasteiger partial charge is 0.548 e. The molecule has 0 aliphatic carbocycles. The fourth-order valence-electron chi connectivity index (χ4n) is 1.21. The number of carboxylic acid groups (broad SMARTS) is 1. The minimum atomic E-state index is -1.24. The molecule has 5 heteroatoms. The van der Waals surface area contributed by atoms with Crippen molar-refractivity contribution in [1.82, 2.24) is 10.6 Å². The van der Waals surface area contributed by atoms with E-state index >= 15 is 0 Å². The Hall–Kier alpha value is -1.26. The molecule has 0 rings (SSSR count). The fourth-order valence-corrected chi connectivity index (χ4v) is 1.21. The molecule has 0 bridgehead atoms. The van der Waals surface area contributed by atoms with E-state index in [1.807, 2.05) is 27.7 Å². The molecule has 5 nitrogen and oxygen atoms in total. The van der Waals surface area contributed by atoms with Gasteiger partial charge < -0.3 is 20.5 Å². The molecule has 94 valence electrons. The first-order valence-corrected chi connectivity index (χ1v) is 5.64. The molecule has 0 heterocycles. The number of urea groups is 1. The van der Waals surface area contributed by atoms with Gasteiger partial charge in [0.05, 0.1) is 12.0 Å². The van der Waals surface area contributed by atoms with E-state index in [2.05, 4.69) is 10.6 Å². The van der Waals surface area contributed by atoms with Crippen LogP contribution in [0.25, 0.3) is 0 Å². The summed E-state index contributed by atoms with van der Waals surface area (Å²) in [5.41, 5.74) is 0. The average molecular weight is 229 g/mol. The number of carboxylic acids is 1. The third-order valence-corrected chi connectivity index (χ3v) is 2.29. The number of carbonyl (C=O) groups excluding carboxylic acids is 2. The topological polar surface area (TPSA) is 81.3 Å². The van der Waals surface area contributed by atoms with Crippen LogP contribution in [-0.2, 0) is 4.79 Å². The second-order valence-electron chi connectivity index (χ2n) is 4.43. The predicted octanol–water partition coefficient (Wildman–Crippen LogP) is 0.249. The zero-order chi connectivity index (χ0) is 12.7. The van der Waals surface area contributed by atoms with E-state index in [0.29, 0.717) is 6.42 Å². The third kappa shape index (κ3) is 6.27. The summed E-state index contributed by atoms with van der Waals surface area (Å²) in [5.74, 6) is -1.06. The molecule has 0 saturated carbocycles. The van der Waals surface area contributed by atoms with Crippen molar-refractivity contribution in [1.29, 1.82) is 0 Å². The highest BCUT2D eigenvalue weighted by Crippen LogP contribution is 2.04. The van der Waals surface area contributed by atoms with Crippen LogP contribution in [0.5, 0.6) is 0 Å². The first-order chi connectivity index (χ1) is 7.36. The molecule has 0 spiro atoms. The summed E-state index contributed by atoms with van der Waals surface area (Å²) >= 11 is 0. The summed E-state index contributed by atoms with van der Waals surface area (Å²) < 4.78 is 0. The van der Waals surface area contributed by atoms with E-state index in [9.17, 15) is 14.7 Å². The lowest BCUT2D eigenvalue weighted by Gasteiger charge is -2.22. The van der Waals surface area contributed by atoms with Gasteiger partial charge in [0.2, 0.25) is 0 Å². The average Bonchev–Trinajstić information content (AvgIpc) is 2.15. The Morgan fingerprint density at radius 1 is 1.19 bits per heavy atom. The molecular formula is C11H21N2O3-. The van der Waals surface area contributed by atoms with Gasteiger partial charge in [-0.2, -0.15) is 0 Å². The Morgan fingerprint density at radius 2 is 1.75 bits per heavy atom. The Bertz CT molecular complexity index is 241. The highest BCUT2D eigenvalue weighted by Gasteiger charge is 2.15. The summed E-state index contributed by atoms with van der Waals surface area (Å²) in [4.78, 5) is 22.2. The normalized spacial score (nSPS) is 14.3. The minimum absolute atomic E-state index is 0.0291. The second-order valence-corrected chi connectivity index (χ2v) is 4.43. The van der Waals surface area contributed by atoms with Gasteiger partial charge >= 0.3 is 6.03 Å². The molecule has 0 aliphatic rings. The van der Waals surface area contributed by atoms with Gasteiger partial charge in [0.25, 0.3) is 0 Å². The zero-order valence-electron chi connectivity index (χ0n) is 10.4. The Labute approximate surface area is 96.6 Å². The van der Waals surface area contributed by atoms with Crippen molar-refractivity contribution >= 4 is 12.0 Å². The van der Waals surface area contributed by atoms with Gasteiger partial charge in [-0.25, -0.2) is 4.79 Å².